The van der Waals surface area contributed by atoms with Crippen molar-refractivity contribution in [2.45, 2.75) is 18.4 Å². The monoisotopic (exact) mass is 561 g/mol. The van der Waals surface area contributed by atoms with Gasteiger partial charge in [0.1, 0.15) is 11.5 Å². The van der Waals surface area contributed by atoms with Gasteiger partial charge in [-0.2, -0.15) is 13.2 Å². The molecular formula is C27H22F3NO9. The number of carboxylic acid groups (broad SMARTS) is 1. The van der Waals surface area contributed by atoms with Crippen molar-refractivity contribution in [3.05, 3.63) is 89.5 Å². The van der Waals surface area contributed by atoms with E-state index < -0.39 is 53.5 Å². The number of nitrogens with one attached hydrogen (secondary N) is 1. The molecule has 0 aromatic heterocycles. The fourth-order valence-electron chi connectivity index (χ4n) is 3.40. The summed E-state index contributed by atoms with van der Waals surface area (Å²) in [5.41, 5.74) is -2.35. The van der Waals surface area contributed by atoms with E-state index in [1.165, 1.54) is 68.8 Å². The predicted octanol–water partition coefficient (Wildman–Crippen LogP) is 4.20. The van der Waals surface area contributed by atoms with Crippen LogP contribution in [0.15, 0.2) is 72.8 Å². The van der Waals surface area contributed by atoms with Gasteiger partial charge in [0.05, 0.1) is 36.6 Å². The van der Waals surface area contributed by atoms with Gasteiger partial charge in [-0.25, -0.2) is 14.4 Å². The Morgan fingerprint density at radius 3 is 1.73 bits per heavy atom. The number of carbonyl (C=O) groups is 4. The van der Waals surface area contributed by atoms with Crippen molar-refractivity contribution in [3.63, 3.8) is 0 Å². The van der Waals surface area contributed by atoms with Crippen LogP contribution in [0.2, 0.25) is 0 Å². The summed E-state index contributed by atoms with van der Waals surface area (Å²) in [6, 6.07) is 14.6. The van der Waals surface area contributed by atoms with Crippen molar-refractivity contribution < 1.29 is 56.4 Å². The Kier molecular flexibility index (Phi) is 9.33. The highest BCUT2D eigenvalue weighted by Crippen LogP contribution is 2.34. The number of rotatable bonds is 10. The molecular weight excluding hydrogens is 539 g/mol. The van der Waals surface area contributed by atoms with Crippen molar-refractivity contribution in [1.82, 2.24) is 0 Å². The third kappa shape index (κ3) is 7.28. The molecule has 0 unspecified atom stereocenters. The lowest BCUT2D eigenvalue weighted by atomic mass is 10.1. The number of carbonyl (C=O) groups excluding carboxylic acids is 3. The Morgan fingerprint density at radius 2 is 1.25 bits per heavy atom. The SMILES string of the molecule is COc1cccc(C(=O)O[C@H](C(=O)O)[C@@H](OC(=O)c2cccc(OC)c2)C(=O)Nc2ccccc2C(F)(F)F)c1. The second-order valence-electron chi connectivity index (χ2n) is 7.99. The van der Waals surface area contributed by atoms with E-state index in [1.807, 2.05) is 5.32 Å². The molecule has 2 N–H and O–H groups in total. The molecule has 3 aromatic rings. The highest BCUT2D eigenvalue weighted by atomic mass is 19.4. The maximum Gasteiger partial charge on any atom is 0.418 e. The molecule has 2 atom stereocenters. The molecule has 0 aliphatic heterocycles. The highest BCUT2D eigenvalue weighted by molar-refractivity contribution is 6.02. The normalized spacial score (nSPS) is 12.4. The Hall–Kier alpha value is -5.07. The number of esters is 2. The van der Waals surface area contributed by atoms with Gasteiger partial charge in [0.2, 0.25) is 12.2 Å². The third-order valence-corrected chi connectivity index (χ3v) is 5.35. The van der Waals surface area contributed by atoms with Gasteiger partial charge >= 0.3 is 24.1 Å². The van der Waals surface area contributed by atoms with Crippen molar-refractivity contribution in [3.8, 4) is 11.5 Å². The molecule has 210 valence electrons. The number of para-hydroxylation sites is 1. The zero-order valence-electron chi connectivity index (χ0n) is 20.9. The van der Waals surface area contributed by atoms with Gasteiger partial charge in [0.25, 0.3) is 5.91 Å². The molecule has 0 fully saturated rings. The fourth-order valence-corrected chi connectivity index (χ4v) is 3.40. The van der Waals surface area contributed by atoms with E-state index >= 15 is 0 Å². The van der Waals surface area contributed by atoms with Crippen molar-refractivity contribution in [2.24, 2.45) is 0 Å². The second-order valence-corrected chi connectivity index (χ2v) is 7.99. The average Bonchev–Trinajstić information content (AvgIpc) is 2.94. The number of hydrogen-bond donors (Lipinski definition) is 2. The number of hydrogen-bond acceptors (Lipinski definition) is 8. The molecule has 40 heavy (non-hydrogen) atoms. The fraction of sp³-hybridized carbons (Fsp3) is 0.185. The number of carboxylic acids is 1. The predicted molar refractivity (Wildman–Crippen MR) is 132 cm³/mol. The molecule has 13 heteroatoms. The van der Waals surface area contributed by atoms with Crippen LogP contribution in [-0.2, 0) is 25.2 Å². The van der Waals surface area contributed by atoms with Crippen LogP contribution in [0.1, 0.15) is 26.3 Å². The molecule has 0 aliphatic rings. The minimum Gasteiger partial charge on any atom is -0.497 e. The van der Waals surface area contributed by atoms with Gasteiger partial charge in [-0.3, -0.25) is 4.79 Å². The van der Waals surface area contributed by atoms with Gasteiger partial charge in [-0.15, -0.1) is 0 Å². The summed E-state index contributed by atoms with van der Waals surface area (Å²) in [6.07, 6.45) is -9.78. The summed E-state index contributed by atoms with van der Waals surface area (Å²) >= 11 is 0. The van der Waals surface area contributed by atoms with E-state index in [-0.39, 0.29) is 22.6 Å². The molecule has 3 rings (SSSR count). The van der Waals surface area contributed by atoms with E-state index in [9.17, 15) is 37.5 Å². The standard InChI is InChI=1S/C27H22F3NO9/c1-37-17-9-5-7-15(13-17)25(35)39-21(23(32)31-20-12-4-3-11-19(20)27(28,29)30)22(24(33)34)40-26(36)16-8-6-10-18(14-16)38-2/h3-14,21-22H,1-2H3,(H,31,32)(H,33,34)/t21-,22+/m1/s1. The summed E-state index contributed by atoms with van der Waals surface area (Å²) in [5.74, 6) is -5.46. The van der Waals surface area contributed by atoms with Gasteiger partial charge in [-0.05, 0) is 48.5 Å². The van der Waals surface area contributed by atoms with Gasteiger partial charge in [0, 0.05) is 0 Å². The molecule has 0 spiro atoms. The van der Waals surface area contributed by atoms with Crippen molar-refractivity contribution >= 4 is 29.5 Å². The van der Waals surface area contributed by atoms with Crippen molar-refractivity contribution in [2.75, 3.05) is 19.5 Å². The zero-order chi connectivity index (χ0) is 29.4. The quantitative estimate of drug-likeness (QED) is 0.349. The zero-order valence-corrected chi connectivity index (χ0v) is 20.9. The van der Waals surface area contributed by atoms with Crippen LogP contribution in [0.5, 0.6) is 11.5 Å². The summed E-state index contributed by atoms with van der Waals surface area (Å²) in [6.45, 7) is 0. The first-order valence-electron chi connectivity index (χ1n) is 11.3. The number of benzene rings is 3. The van der Waals surface area contributed by atoms with Gasteiger partial charge < -0.3 is 29.4 Å². The highest BCUT2D eigenvalue weighted by Gasteiger charge is 2.42. The Morgan fingerprint density at radius 1 is 0.750 bits per heavy atom. The smallest absolute Gasteiger partial charge is 0.418 e. The van der Waals surface area contributed by atoms with Crippen molar-refractivity contribution in [1.29, 1.82) is 0 Å². The molecule has 1 amide bonds. The Labute approximate surface area is 225 Å². The first-order valence-corrected chi connectivity index (χ1v) is 11.3. The Bertz CT molecular complexity index is 1410. The lowest BCUT2D eigenvalue weighted by Crippen LogP contribution is -2.48. The third-order valence-electron chi connectivity index (χ3n) is 5.35. The minimum absolute atomic E-state index is 0.175. The average molecular weight is 561 g/mol. The molecule has 3 aromatic carbocycles. The van der Waals surface area contributed by atoms with Crippen LogP contribution < -0.4 is 14.8 Å². The number of ether oxygens (including phenoxy) is 4. The largest absolute Gasteiger partial charge is 0.497 e. The summed E-state index contributed by atoms with van der Waals surface area (Å²) in [4.78, 5) is 51.0. The van der Waals surface area contributed by atoms with Crippen LogP contribution >= 0.6 is 0 Å². The number of methoxy groups -OCH3 is 2. The van der Waals surface area contributed by atoms with E-state index in [0.717, 1.165) is 12.1 Å². The summed E-state index contributed by atoms with van der Waals surface area (Å²) in [5, 5.41) is 11.8. The van der Waals surface area contributed by atoms with Crippen LogP contribution in [0.25, 0.3) is 0 Å². The maximum atomic E-state index is 13.5. The minimum atomic E-state index is -4.89. The van der Waals surface area contributed by atoms with Crippen LogP contribution in [0, 0.1) is 0 Å². The topological polar surface area (TPSA) is 137 Å². The molecule has 10 nitrogen and oxygen atoms in total. The number of aliphatic carboxylic acids is 1. The molecule has 0 heterocycles. The molecule has 0 aliphatic carbocycles. The lowest BCUT2D eigenvalue weighted by molar-refractivity contribution is -0.157. The molecule has 0 bridgehead atoms. The lowest BCUT2D eigenvalue weighted by Gasteiger charge is -2.24. The summed E-state index contributed by atoms with van der Waals surface area (Å²) in [7, 11) is 2.64. The molecule has 0 saturated carbocycles. The second kappa shape index (κ2) is 12.7. The van der Waals surface area contributed by atoms with E-state index in [1.54, 1.807) is 0 Å². The maximum absolute atomic E-state index is 13.5. The van der Waals surface area contributed by atoms with E-state index in [4.69, 9.17) is 18.9 Å². The summed E-state index contributed by atoms with van der Waals surface area (Å²) < 4.78 is 60.6. The van der Waals surface area contributed by atoms with Gasteiger partial charge in [-0.1, -0.05) is 24.3 Å². The number of halogens is 3. The van der Waals surface area contributed by atoms with Crippen LogP contribution in [-0.4, -0.2) is 55.3 Å². The number of anilines is 1. The van der Waals surface area contributed by atoms with E-state index in [2.05, 4.69) is 0 Å². The first kappa shape index (κ1) is 29.5. The molecule has 0 radical (unpaired) electrons. The van der Waals surface area contributed by atoms with Crippen LogP contribution in [0.3, 0.4) is 0 Å². The first-order chi connectivity index (χ1) is 18.9. The number of alkyl halides is 3. The number of amides is 1. The molecule has 0 saturated heterocycles. The Balaban J connectivity index is 1.99. The van der Waals surface area contributed by atoms with Gasteiger partial charge in [0.15, 0.2) is 0 Å². The van der Waals surface area contributed by atoms with Crippen LogP contribution in [0.4, 0.5) is 18.9 Å². The van der Waals surface area contributed by atoms with E-state index in [0.29, 0.717) is 6.07 Å².